The molecule has 0 aromatic heterocycles. The molecule has 0 spiro atoms. The minimum absolute atomic E-state index is 0.0673. The summed E-state index contributed by atoms with van der Waals surface area (Å²) in [5, 5.41) is 10.6. The number of hydrogen-bond donors (Lipinski definition) is 0. The number of hydrogen-bond acceptors (Lipinski definition) is 3. The first-order valence-electron chi connectivity index (χ1n) is 5.44. The van der Waals surface area contributed by atoms with Crippen LogP contribution >= 0.6 is 15.9 Å². The fourth-order valence-corrected chi connectivity index (χ4v) is 2.10. The summed E-state index contributed by atoms with van der Waals surface area (Å²) in [6.45, 7) is 1.55. The molecule has 1 aromatic carbocycles. The number of ketones is 1. The number of nitrogens with zero attached hydrogens (tertiary/aromatic N) is 1. The minimum atomic E-state index is -0.637. The van der Waals surface area contributed by atoms with Crippen molar-refractivity contribution in [3.05, 3.63) is 44.4 Å². The zero-order chi connectivity index (χ0) is 12.8. The van der Waals surface area contributed by atoms with Gasteiger partial charge in [-0.2, -0.15) is 0 Å². The van der Waals surface area contributed by atoms with Gasteiger partial charge in [0, 0.05) is 15.8 Å². The Bertz CT molecular complexity index is 420. The summed E-state index contributed by atoms with van der Waals surface area (Å²) in [4.78, 5) is 22.1. The molecule has 0 aliphatic carbocycles. The van der Waals surface area contributed by atoms with E-state index in [1.807, 2.05) is 13.0 Å². The smallest absolute Gasteiger partial charge is 0.217 e. The molecule has 1 rings (SSSR count). The highest BCUT2D eigenvalue weighted by Gasteiger charge is 2.25. The van der Waals surface area contributed by atoms with Gasteiger partial charge in [-0.05, 0) is 24.1 Å². The van der Waals surface area contributed by atoms with E-state index in [0.717, 1.165) is 4.47 Å². The van der Waals surface area contributed by atoms with Crippen LogP contribution in [0.1, 0.15) is 31.2 Å². The quantitative estimate of drug-likeness (QED) is 0.599. The lowest BCUT2D eigenvalue weighted by atomic mass is 9.92. The Labute approximate surface area is 108 Å². The number of rotatable bonds is 6. The molecule has 0 bridgehead atoms. The van der Waals surface area contributed by atoms with Crippen LogP contribution in [0.25, 0.3) is 0 Å². The molecule has 0 aliphatic rings. The van der Waals surface area contributed by atoms with Gasteiger partial charge in [-0.3, -0.25) is 14.9 Å². The van der Waals surface area contributed by atoms with Crippen molar-refractivity contribution in [3.8, 4) is 0 Å². The van der Waals surface area contributed by atoms with E-state index >= 15 is 0 Å². The molecule has 0 radical (unpaired) electrons. The van der Waals surface area contributed by atoms with Crippen LogP contribution in [-0.4, -0.2) is 17.3 Å². The highest BCUT2D eigenvalue weighted by molar-refractivity contribution is 9.10. The minimum Gasteiger partial charge on any atom is -0.299 e. The lowest BCUT2D eigenvalue weighted by molar-refractivity contribution is -0.481. The summed E-state index contributed by atoms with van der Waals surface area (Å²) in [5.41, 5.74) is 0.703. The zero-order valence-electron chi connectivity index (χ0n) is 9.56. The second kappa shape index (κ2) is 6.49. The van der Waals surface area contributed by atoms with E-state index in [1.165, 1.54) is 0 Å². The van der Waals surface area contributed by atoms with Gasteiger partial charge in [-0.25, -0.2) is 0 Å². The van der Waals surface area contributed by atoms with E-state index in [2.05, 4.69) is 15.9 Å². The Morgan fingerprint density at radius 1 is 1.53 bits per heavy atom. The molecule has 0 N–H and O–H groups in total. The maximum Gasteiger partial charge on any atom is 0.217 e. The van der Waals surface area contributed by atoms with Crippen molar-refractivity contribution in [1.82, 2.24) is 0 Å². The van der Waals surface area contributed by atoms with Gasteiger partial charge in [0.05, 0.1) is 0 Å². The molecular weight excluding hydrogens is 286 g/mol. The standard InChI is InChI=1S/C12H14BrNO3/c1-2-4-12(15)11(8-14(16)17)9-5-3-6-10(13)7-9/h3,5-7,11H,2,4,8H2,1H3/t11-/m0/s1. The SMILES string of the molecule is CCCC(=O)[C@@H](C[N+](=O)[O-])c1cccc(Br)c1. The van der Waals surface area contributed by atoms with Crippen molar-refractivity contribution >= 4 is 21.7 Å². The fourth-order valence-electron chi connectivity index (χ4n) is 1.69. The molecule has 0 aliphatic heterocycles. The molecule has 4 nitrogen and oxygen atoms in total. The van der Waals surface area contributed by atoms with Crippen LogP contribution in [0, 0.1) is 10.1 Å². The zero-order valence-corrected chi connectivity index (χ0v) is 11.1. The molecule has 1 aromatic rings. The number of Topliss-reactive ketones (excluding diaryl/α,β-unsaturated/α-hetero) is 1. The van der Waals surface area contributed by atoms with E-state index in [0.29, 0.717) is 18.4 Å². The third-order valence-electron chi connectivity index (χ3n) is 2.47. The van der Waals surface area contributed by atoms with E-state index in [1.54, 1.807) is 18.2 Å². The van der Waals surface area contributed by atoms with Crippen LogP contribution in [0.3, 0.4) is 0 Å². The first kappa shape index (κ1) is 13.8. The van der Waals surface area contributed by atoms with Crippen LogP contribution in [-0.2, 0) is 4.79 Å². The highest BCUT2D eigenvalue weighted by atomic mass is 79.9. The molecule has 0 amide bonds. The van der Waals surface area contributed by atoms with Crippen molar-refractivity contribution in [2.45, 2.75) is 25.7 Å². The number of carbonyl (C=O) groups is 1. The number of nitro groups is 1. The predicted molar refractivity (Wildman–Crippen MR) is 68.7 cm³/mol. The fraction of sp³-hybridized carbons (Fsp3) is 0.417. The molecule has 0 saturated carbocycles. The largest absolute Gasteiger partial charge is 0.299 e. The van der Waals surface area contributed by atoms with Gasteiger partial charge < -0.3 is 0 Å². The first-order chi connectivity index (χ1) is 8.04. The highest BCUT2D eigenvalue weighted by Crippen LogP contribution is 2.22. The maximum absolute atomic E-state index is 11.9. The topological polar surface area (TPSA) is 60.2 Å². The van der Waals surface area contributed by atoms with Gasteiger partial charge in [-0.1, -0.05) is 35.0 Å². The number of halogens is 1. The van der Waals surface area contributed by atoms with Crippen LogP contribution in [0.2, 0.25) is 0 Å². The van der Waals surface area contributed by atoms with Crippen molar-refractivity contribution in [2.24, 2.45) is 0 Å². The Morgan fingerprint density at radius 3 is 2.76 bits per heavy atom. The van der Waals surface area contributed by atoms with Gasteiger partial charge in [0.2, 0.25) is 6.54 Å². The average molecular weight is 300 g/mol. The van der Waals surface area contributed by atoms with Gasteiger partial charge in [0.25, 0.3) is 0 Å². The molecule has 0 saturated heterocycles. The van der Waals surface area contributed by atoms with Gasteiger partial charge >= 0.3 is 0 Å². The maximum atomic E-state index is 11.9. The second-order valence-electron chi connectivity index (χ2n) is 3.84. The van der Waals surface area contributed by atoms with E-state index in [-0.39, 0.29) is 12.3 Å². The van der Waals surface area contributed by atoms with E-state index in [4.69, 9.17) is 0 Å². The van der Waals surface area contributed by atoms with Crippen LogP contribution in [0.4, 0.5) is 0 Å². The van der Waals surface area contributed by atoms with E-state index < -0.39 is 10.8 Å². The Hall–Kier alpha value is -1.23. The Balaban J connectivity index is 2.97. The summed E-state index contributed by atoms with van der Waals surface area (Å²) in [7, 11) is 0. The lowest BCUT2D eigenvalue weighted by Crippen LogP contribution is -2.21. The average Bonchev–Trinajstić information content (AvgIpc) is 2.26. The predicted octanol–water partition coefficient (Wildman–Crippen LogP) is 3.18. The summed E-state index contributed by atoms with van der Waals surface area (Å²) >= 11 is 3.30. The van der Waals surface area contributed by atoms with Crippen molar-refractivity contribution in [1.29, 1.82) is 0 Å². The molecular formula is C12H14BrNO3. The molecule has 1 atom stereocenters. The van der Waals surface area contributed by atoms with Crippen LogP contribution < -0.4 is 0 Å². The van der Waals surface area contributed by atoms with Crippen molar-refractivity contribution in [3.63, 3.8) is 0 Å². The molecule has 0 fully saturated rings. The summed E-state index contributed by atoms with van der Waals surface area (Å²) < 4.78 is 0.827. The third-order valence-corrected chi connectivity index (χ3v) is 2.96. The van der Waals surface area contributed by atoms with Gasteiger partial charge in [-0.15, -0.1) is 0 Å². The number of carbonyl (C=O) groups excluding carboxylic acids is 1. The summed E-state index contributed by atoms with van der Waals surface area (Å²) in [6, 6.07) is 7.14. The van der Waals surface area contributed by atoms with Gasteiger partial charge in [0.15, 0.2) is 0 Å². The van der Waals surface area contributed by atoms with Gasteiger partial charge in [0.1, 0.15) is 11.7 Å². The van der Waals surface area contributed by atoms with E-state index in [9.17, 15) is 14.9 Å². The summed E-state index contributed by atoms with van der Waals surface area (Å²) in [6.07, 6.45) is 1.09. The Morgan fingerprint density at radius 2 is 2.24 bits per heavy atom. The lowest BCUT2D eigenvalue weighted by Gasteiger charge is -2.12. The van der Waals surface area contributed by atoms with Crippen molar-refractivity contribution < 1.29 is 9.72 Å². The molecule has 5 heteroatoms. The molecule has 0 unspecified atom stereocenters. The molecule has 17 heavy (non-hydrogen) atoms. The summed E-state index contributed by atoms with van der Waals surface area (Å²) in [5.74, 6) is -0.704. The normalized spacial score (nSPS) is 12.1. The van der Waals surface area contributed by atoms with Crippen molar-refractivity contribution in [2.75, 3.05) is 6.54 Å². The van der Waals surface area contributed by atoms with Crippen LogP contribution in [0.15, 0.2) is 28.7 Å². The number of benzene rings is 1. The molecule has 92 valence electrons. The second-order valence-corrected chi connectivity index (χ2v) is 4.75. The molecule has 0 heterocycles. The third kappa shape index (κ3) is 4.26. The first-order valence-corrected chi connectivity index (χ1v) is 6.24. The van der Waals surface area contributed by atoms with Crippen LogP contribution in [0.5, 0.6) is 0 Å². The Kier molecular flexibility index (Phi) is 5.28. The monoisotopic (exact) mass is 299 g/mol.